The Morgan fingerprint density at radius 3 is 2.53 bits per heavy atom. The third kappa shape index (κ3) is 4.13. The molecule has 1 amide bonds. The fraction of sp³-hybridized carbons (Fsp3) is 0.0769. The zero-order chi connectivity index (χ0) is 21.8. The molecular formula is C26H22N4OS. The second-order valence-corrected chi connectivity index (χ2v) is 8.31. The van der Waals surface area contributed by atoms with Crippen molar-refractivity contribution in [3.8, 4) is 16.3 Å². The number of hydrogen-bond donors (Lipinski definition) is 2. The lowest BCUT2D eigenvalue weighted by molar-refractivity contribution is 0.0956. The highest BCUT2D eigenvalue weighted by Crippen LogP contribution is 2.28. The Morgan fingerprint density at radius 2 is 1.69 bits per heavy atom. The van der Waals surface area contributed by atoms with Gasteiger partial charge in [0.05, 0.1) is 16.1 Å². The van der Waals surface area contributed by atoms with Crippen LogP contribution >= 0.6 is 11.3 Å². The van der Waals surface area contributed by atoms with Crippen molar-refractivity contribution < 1.29 is 4.79 Å². The van der Waals surface area contributed by atoms with Crippen LogP contribution in [0.25, 0.3) is 27.0 Å². The van der Waals surface area contributed by atoms with E-state index in [0.29, 0.717) is 24.3 Å². The number of aromatic nitrogens is 2. The van der Waals surface area contributed by atoms with Crippen molar-refractivity contribution in [2.45, 2.75) is 0 Å². The molecule has 0 fully saturated rings. The fourth-order valence-electron chi connectivity index (χ4n) is 3.70. The zero-order valence-corrected chi connectivity index (χ0v) is 18.2. The van der Waals surface area contributed by atoms with Crippen LogP contribution in [-0.2, 0) is 0 Å². The van der Waals surface area contributed by atoms with E-state index < -0.39 is 0 Å². The lowest BCUT2D eigenvalue weighted by atomic mass is 10.1. The van der Waals surface area contributed by atoms with Gasteiger partial charge in [0.15, 0.2) is 0 Å². The van der Waals surface area contributed by atoms with Gasteiger partial charge < -0.3 is 10.6 Å². The summed E-state index contributed by atoms with van der Waals surface area (Å²) < 4.78 is 1.76. The number of nitrogens with one attached hydrogen (secondary N) is 2. The highest BCUT2D eigenvalue weighted by molar-refractivity contribution is 7.13. The third-order valence-corrected chi connectivity index (χ3v) is 6.13. The smallest absolute Gasteiger partial charge is 0.255 e. The van der Waals surface area contributed by atoms with Crippen LogP contribution in [0.3, 0.4) is 0 Å². The fourth-order valence-corrected chi connectivity index (χ4v) is 4.42. The van der Waals surface area contributed by atoms with Gasteiger partial charge in [-0.25, -0.2) is 4.68 Å². The topological polar surface area (TPSA) is 59.0 Å². The Morgan fingerprint density at radius 1 is 0.875 bits per heavy atom. The number of nitrogens with zero attached hydrogens (tertiary/aromatic N) is 2. The largest absolute Gasteiger partial charge is 0.383 e. The number of thiophene rings is 1. The van der Waals surface area contributed by atoms with Gasteiger partial charge >= 0.3 is 0 Å². The van der Waals surface area contributed by atoms with Gasteiger partial charge in [0.2, 0.25) is 0 Å². The molecule has 0 aliphatic rings. The number of rotatable bonds is 7. The van der Waals surface area contributed by atoms with Gasteiger partial charge in [-0.15, -0.1) is 11.3 Å². The monoisotopic (exact) mass is 438 g/mol. The number of carbonyl (C=O) groups excluding carboxylic acids is 1. The van der Waals surface area contributed by atoms with Crippen molar-refractivity contribution in [3.05, 3.63) is 102 Å². The SMILES string of the molecule is O=C(NCCNc1cccc2ccccc12)c1cn(-c2ccccc2)nc1-c1cccs1. The lowest BCUT2D eigenvalue weighted by Gasteiger charge is -2.10. The van der Waals surface area contributed by atoms with E-state index in [4.69, 9.17) is 5.10 Å². The maximum atomic E-state index is 13.0. The molecule has 6 heteroatoms. The molecule has 158 valence electrons. The zero-order valence-electron chi connectivity index (χ0n) is 17.4. The highest BCUT2D eigenvalue weighted by atomic mass is 32.1. The summed E-state index contributed by atoms with van der Waals surface area (Å²) in [6.45, 7) is 1.13. The molecule has 2 aromatic heterocycles. The number of anilines is 1. The van der Waals surface area contributed by atoms with Crippen molar-refractivity contribution in [2.24, 2.45) is 0 Å². The molecule has 0 radical (unpaired) electrons. The molecule has 0 atom stereocenters. The van der Waals surface area contributed by atoms with E-state index in [-0.39, 0.29) is 5.91 Å². The number of carbonyl (C=O) groups is 1. The van der Waals surface area contributed by atoms with Crippen LogP contribution < -0.4 is 10.6 Å². The first-order chi connectivity index (χ1) is 15.8. The molecule has 0 spiro atoms. The summed E-state index contributed by atoms with van der Waals surface area (Å²) >= 11 is 1.57. The lowest BCUT2D eigenvalue weighted by Crippen LogP contribution is -2.28. The van der Waals surface area contributed by atoms with Crippen LogP contribution in [0.1, 0.15) is 10.4 Å². The summed E-state index contributed by atoms with van der Waals surface area (Å²) in [5.74, 6) is -0.129. The predicted molar refractivity (Wildman–Crippen MR) is 132 cm³/mol. The highest BCUT2D eigenvalue weighted by Gasteiger charge is 2.19. The summed E-state index contributed by atoms with van der Waals surface area (Å²) in [5, 5.41) is 15.5. The average molecular weight is 439 g/mol. The van der Waals surface area contributed by atoms with E-state index in [0.717, 1.165) is 16.3 Å². The Bertz CT molecular complexity index is 1340. The van der Waals surface area contributed by atoms with Crippen LogP contribution in [0.15, 0.2) is 96.5 Å². The first kappa shape index (κ1) is 20.0. The third-order valence-electron chi connectivity index (χ3n) is 5.25. The van der Waals surface area contributed by atoms with Gasteiger partial charge in [0, 0.05) is 30.4 Å². The molecule has 5 rings (SSSR count). The molecular weight excluding hydrogens is 416 g/mol. The standard InChI is InChI=1S/C26H22N4OS/c31-26(28-16-15-27-23-13-6-9-19-8-4-5-12-21(19)23)22-18-30(20-10-2-1-3-11-20)29-25(22)24-14-7-17-32-24/h1-14,17-18,27H,15-16H2,(H,28,31). The number of benzene rings is 3. The van der Waals surface area contributed by atoms with Gasteiger partial charge in [-0.1, -0.05) is 60.7 Å². The maximum absolute atomic E-state index is 13.0. The minimum atomic E-state index is -0.129. The first-order valence-corrected chi connectivity index (χ1v) is 11.4. The summed E-state index contributed by atoms with van der Waals surface area (Å²) in [4.78, 5) is 14.0. The van der Waals surface area contributed by atoms with Crippen LogP contribution in [0, 0.1) is 0 Å². The molecule has 0 aliphatic heterocycles. The summed E-state index contributed by atoms with van der Waals surface area (Å²) in [5.41, 5.74) is 3.25. The normalized spacial score (nSPS) is 10.9. The maximum Gasteiger partial charge on any atom is 0.255 e. The van der Waals surface area contributed by atoms with E-state index in [1.807, 2.05) is 66.0 Å². The molecule has 0 bridgehead atoms. The number of para-hydroxylation sites is 1. The van der Waals surface area contributed by atoms with E-state index in [9.17, 15) is 4.79 Å². The molecule has 0 aliphatic carbocycles. The van der Waals surface area contributed by atoms with Gasteiger partial charge in [0.1, 0.15) is 5.69 Å². The van der Waals surface area contributed by atoms with E-state index >= 15 is 0 Å². The molecule has 0 unspecified atom stereocenters. The summed E-state index contributed by atoms with van der Waals surface area (Å²) in [6, 6.07) is 28.2. The molecule has 5 nitrogen and oxygen atoms in total. The molecule has 32 heavy (non-hydrogen) atoms. The molecule has 3 aromatic carbocycles. The Balaban J connectivity index is 1.30. The van der Waals surface area contributed by atoms with Crippen LogP contribution in [0.5, 0.6) is 0 Å². The number of amides is 1. The second kappa shape index (κ2) is 9.08. The number of hydrogen-bond acceptors (Lipinski definition) is 4. The minimum absolute atomic E-state index is 0.129. The number of fused-ring (bicyclic) bond motifs is 1. The van der Waals surface area contributed by atoms with E-state index in [2.05, 4.69) is 34.9 Å². The average Bonchev–Trinajstić information content (AvgIpc) is 3.52. The summed E-state index contributed by atoms with van der Waals surface area (Å²) in [6.07, 6.45) is 1.80. The Hall–Kier alpha value is -3.90. The molecule has 2 heterocycles. The van der Waals surface area contributed by atoms with Gasteiger partial charge in [0.25, 0.3) is 5.91 Å². The minimum Gasteiger partial charge on any atom is -0.383 e. The molecule has 2 N–H and O–H groups in total. The van der Waals surface area contributed by atoms with Gasteiger partial charge in [-0.05, 0) is 35.0 Å². The van der Waals surface area contributed by atoms with Crippen molar-refractivity contribution in [3.63, 3.8) is 0 Å². The molecule has 5 aromatic rings. The van der Waals surface area contributed by atoms with Crippen molar-refractivity contribution in [1.29, 1.82) is 0 Å². The molecule has 0 saturated heterocycles. The summed E-state index contributed by atoms with van der Waals surface area (Å²) in [7, 11) is 0. The Labute approximate surface area is 190 Å². The van der Waals surface area contributed by atoms with Crippen molar-refractivity contribution in [1.82, 2.24) is 15.1 Å². The van der Waals surface area contributed by atoms with Gasteiger partial charge in [-0.2, -0.15) is 5.10 Å². The van der Waals surface area contributed by atoms with E-state index in [1.54, 1.807) is 22.2 Å². The predicted octanol–water partition coefficient (Wildman–Crippen LogP) is 5.60. The van der Waals surface area contributed by atoms with Crippen molar-refractivity contribution >= 4 is 33.7 Å². The van der Waals surface area contributed by atoms with Crippen LogP contribution in [0.4, 0.5) is 5.69 Å². The van der Waals surface area contributed by atoms with E-state index in [1.165, 1.54) is 10.8 Å². The Kier molecular flexibility index (Phi) is 5.68. The quantitative estimate of drug-likeness (QED) is 0.325. The van der Waals surface area contributed by atoms with Gasteiger partial charge in [-0.3, -0.25) is 4.79 Å². The van der Waals surface area contributed by atoms with Crippen molar-refractivity contribution in [2.75, 3.05) is 18.4 Å². The second-order valence-electron chi connectivity index (χ2n) is 7.36. The van der Waals surface area contributed by atoms with Crippen LogP contribution in [-0.4, -0.2) is 28.8 Å². The first-order valence-electron chi connectivity index (χ1n) is 10.5. The van der Waals surface area contributed by atoms with Crippen LogP contribution in [0.2, 0.25) is 0 Å². The molecule has 0 saturated carbocycles.